The average Bonchev–Trinajstić information content (AvgIpc) is 3.49. The second-order valence-corrected chi connectivity index (χ2v) is 9.98. The number of Topliss-reactive ketones (excluding diaryl/α,β-unsaturated/α-hetero) is 1. The van der Waals surface area contributed by atoms with E-state index >= 15 is 0 Å². The summed E-state index contributed by atoms with van der Waals surface area (Å²) < 4.78 is 0. The van der Waals surface area contributed by atoms with Gasteiger partial charge in [-0.2, -0.15) is 0 Å². The number of hydrogen-bond acceptors (Lipinski definition) is 4. The smallest absolute Gasteiger partial charge is 0.252 e. The van der Waals surface area contributed by atoms with Crippen molar-refractivity contribution in [2.45, 2.75) is 45.2 Å². The quantitative estimate of drug-likeness (QED) is 0.314. The predicted octanol–water partition coefficient (Wildman–Crippen LogP) is 5.35. The summed E-state index contributed by atoms with van der Waals surface area (Å²) in [6.45, 7) is 5.15. The van der Waals surface area contributed by atoms with E-state index in [0.29, 0.717) is 17.5 Å². The average molecular weight is 524 g/mol. The lowest BCUT2D eigenvalue weighted by Crippen LogP contribution is -2.45. The number of ketones is 1. The van der Waals surface area contributed by atoms with Crippen LogP contribution in [0.2, 0.25) is 0 Å². The van der Waals surface area contributed by atoms with Gasteiger partial charge in [0.2, 0.25) is 0 Å². The van der Waals surface area contributed by atoms with Gasteiger partial charge in [-0.05, 0) is 67.2 Å². The fourth-order valence-corrected chi connectivity index (χ4v) is 4.79. The molecule has 202 valence electrons. The lowest BCUT2D eigenvalue weighted by atomic mass is 10.0. The van der Waals surface area contributed by atoms with E-state index in [1.165, 1.54) is 31.5 Å². The first kappa shape index (κ1) is 28.0. The van der Waals surface area contributed by atoms with Gasteiger partial charge in [0.05, 0.1) is 12.6 Å². The van der Waals surface area contributed by atoms with Crippen molar-refractivity contribution in [3.63, 3.8) is 0 Å². The Morgan fingerprint density at radius 3 is 2.26 bits per heavy atom. The molecule has 1 saturated heterocycles. The van der Waals surface area contributed by atoms with E-state index in [1.54, 1.807) is 30.3 Å². The lowest BCUT2D eigenvalue weighted by molar-refractivity contribution is -0.120. The number of carbonyl (C=O) groups excluding carboxylic acids is 3. The second kappa shape index (κ2) is 14.2. The van der Waals surface area contributed by atoms with E-state index < -0.39 is 6.04 Å². The van der Waals surface area contributed by atoms with Crippen LogP contribution in [0.15, 0.2) is 78.9 Å². The van der Waals surface area contributed by atoms with Gasteiger partial charge >= 0.3 is 0 Å². The molecule has 1 heterocycles. The van der Waals surface area contributed by atoms with Crippen molar-refractivity contribution in [1.82, 2.24) is 15.5 Å². The third kappa shape index (κ3) is 8.23. The number of nitrogens with zero attached hydrogens (tertiary/aromatic N) is 1. The number of amides is 2. The minimum atomic E-state index is -0.682. The molecule has 1 aliphatic heterocycles. The topological polar surface area (TPSA) is 78.5 Å². The van der Waals surface area contributed by atoms with Gasteiger partial charge in [-0.15, -0.1) is 0 Å². The molecule has 0 aromatic heterocycles. The van der Waals surface area contributed by atoms with Crippen LogP contribution in [0.25, 0.3) is 12.2 Å². The first-order valence-corrected chi connectivity index (χ1v) is 13.8. The van der Waals surface area contributed by atoms with Crippen LogP contribution in [0.5, 0.6) is 0 Å². The molecule has 1 aliphatic rings. The summed E-state index contributed by atoms with van der Waals surface area (Å²) in [6.07, 6.45) is 7.71. The van der Waals surface area contributed by atoms with Gasteiger partial charge < -0.3 is 10.6 Å². The summed E-state index contributed by atoms with van der Waals surface area (Å²) in [5.74, 6) is -0.848. The molecule has 2 N–H and O–H groups in total. The largest absolute Gasteiger partial charge is 0.345 e. The first-order valence-electron chi connectivity index (χ1n) is 13.8. The number of nitrogens with one attached hydrogen (secondary N) is 2. The Morgan fingerprint density at radius 1 is 0.846 bits per heavy atom. The summed E-state index contributed by atoms with van der Waals surface area (Å²) in [5, 5.41) is 5.57. The molecule has 1 unspecified atom stereocenters. The van der Waals surface area contributed by atoms with Gasteiger partial charge in [-0.25, -0.2) is 0 Å². The van der Waals surface area contributed by atoms with Crippen LogP contribution in [0.3, 0.4) is 0 Å². The first-order chi connectivity index (χ1) is 19.0. The van der Waals surface area contributed by atoms with Crippen molar-refractivity contribution in [3.8, 4) is 0 Å². The highest BCUT2D eigenvalue weighted by molar-refractivity contribution is 6.02. The molecular weight excluding hydrogens is 486 g/mol. The van der Waals surface area contributed by atoms with Crippen molar-refractivity contribution in [2.24, 2.45) is 0 Å². The maximum absolute atomic E-state index is 13.2. The summed E-state index contributed by atoms with van der Waals surface area (Å²) in [5.41, 5.74) is 4.13. The summed E-state index contributed by atoms with van der Waals surface area (Å²) >= 11 is 0. The fraction of sp³-hybridized carbons (Fsp3) is 0.303. The zero-order valence-corrected chi connectivity index (χ0v) is 22.6. The molecule has 0 saturated carbocycles. The number of hydrogen-bond donors (Lipinski definition) is 2. The number of rotatable bonds is 12. The minimum absolute atomic E-state index is 0.145. The molecule has 2 amide bonds. The van der Waals surface area contributed by atoms with Crippen LogP contribution < -0.4 is 10.6 Å². The molecule has 6 nitrogen and oxygen atoms in total. The van der Waals surface area contributed by atoms with Crippen LogP contribution in [0, 0.1) is 0 Å². The van der Waals surface area contributed by atoms with Gasteiger partial charge in [0.1, 0.15) is 0 Å². The molecular formula is C33H37N3O3. The minimum Gasteiger partial charge on any atom is -0.345 e. The van der Waals surface area contributed by atoms with Crippen molar-refractivity contribution in [3.05, 3.63) is 107 Å². The van der Waals surface area contributed by atoms with Crippen LogP contribution in [0.1, 0.15) is 70.0 Å². The van der Waals surface area contributed by atoms with Crippen LogP contribution in [-0.2, 0) is 11.3 Å². The Bertz CT molecular complexity index is 1280. The molecule has 6 heteroatoms. The highest BCUT2D eigenvalue weighted by Gasteiger charge is 2.22. The Hall–Kier alpha value is -4.03. The van der Waals surface area contributed by atoms with E-state index in [2.05, 4.69) is 39.8 Å². The predicted molar refractivity (Wildman–Crippen MR) is 156 cm³/mol. The number of benzene rings is 3. The zero-order chi connectivity index (χ0) is 27.5. The SMILES string of the molecule is CCCC(NC(=O)c1ccccc1C=Cc1ccc(CN2CCCC2)cc1)C(=O)CNC(=O)c1ccccc1. The van der Waals surface area contributed by atoms with E-state index in [-0.39, 0.29) is 24.1 Å². The maximum Gasteiger partial charge on any atom is 0.252 e. The van der Waals surface area contributed by atoms with Gasteiger partial charge in [0, 0.05) is 17.7 Å². The van der Waals surface area contributed by atoms with Crippen LogP contribution in [-0.4, -0.2) is 48.2 Å². The molecule has 3 aromatic carbocycles. The highest BCUT2D eigenvalue weighted by Crippen LogP contribution is 2.17. The molecule has 0 aliphatic carbocycles. The number of carbonyl (C=O) groups is 3. The van der Waals surface area contributed by atoms with Gasteiger partial charge in [0.25, 0.3) is 11.8 Å². The monoisotopic (exact) mass is 523 g/mol. The number of likely N-dealkylation sites (tertiary alicyclic amines) is 1. The molecule has 39 heavy (non-hydrogen) atoms. The summed E-state index contributed by atoms with van der Waals surface area (Å²) in [6, 6.07) is 24.0. The zero-order valence-electron chi connectivity index (χ0n) is 22.6. The van der Waals surface area contributed by atoms with Gasteiger partial charge in [0.15, 0.2) is 5.78 Å². The van der Waals surface area contributed by atoms with Crippen molar-refractivity contribution >= 4 is 29.7 Å². The Kier molecular flexibility index (Phi) is 10.2. The lowest BCUT2D eigenvalue weighted by Gasteiger charge is -2.18. The molecule has 0 radical (unpaired) electrons. The van der Waals surface area contributed by atoms with Gasteiger partial charge in [-0.1, -0.05) is 86.2 Å². The Morgan fingerprint density at radius 2 is 1.54 bits per heavy atom. The molecule has 3 aromatic rings. The second-order valence-electron chi connectivity index (χ2n) is 9.98. The van der Waals surface area contributed by atoms with Crippen molar-refractivity contribution in [2.75, 3.05) is 19.6 Å². The standard InChI is InChI=1S/C33H37N3O3/c1-2-10-30(31(37)23-34-32(38)28-12-4-3-5-13-28)35-33(39)29-14-7-6-11-27(29)20-19-25-15-17-26(18-16-25)24-36-21-8-9-22-36/h3-7,11-20,30H,2,8-10,21-24H2,1H3,(H,34,38)(H,35,39). The normalized spacial score (nSPS) is 14.3. The molecule has 1 atom stereocenters. The Balaban J connectivity index is 1.37. The molecule has 0 spiro atoms. The fourth-order valence-electron chi connectivity index (χ4n) is 4.79. The van der Waals surface area contributed by atoms with E-state index in [0.717, 1.165) is 24.1 Å². The van der Waals surface area contributed by atoms with Crippen molar-refractivity contribution < 1.29 is 14.4 Å². The van der Waals surface area contributed by atoms with Crippen molar-refractivity contribution in [1.29, 1.82) is 0 Å². The van der Waals surface area contributed by atoms with Crippen LogP contribution >= 0.6 is 0 Å². The molecule has 1 fully saturated rings. The maximum atomic E-state index is 13.2. The molecule has 4 rings (SSSR count). The summed E-state index contributed by atoms with van der Waals surface area (Å²) in [7, 11) is 0. The molecule has 0 bridgehead atoms. The Labute approximate surface area is 231 Å². The van der Waals surface area contributed by atoms with Gasteiger partial charge in [-0.3, -0.25) is 19.3 Å². The van der Waals surface area contributed by atoms with E-state index in [1.807, 2.05) is 43.3 Å². The van der Waals surface area contributed by atoms with E-state index in [9.17, 15) is 14.4 Å². The van der Waals surface area contributed by atoms with Crippen LogP contribution in [0.4, 0.5) is 0 Å². The highest BCUT2D eigenvalue weighted by atomic mass is 16.2. The summed E-state index contributed by atoms with van der Waals surface area (Å²) in [4.78, 5) is 41.0. The third-order valence-corrected chi connectivity index (χ3v) is 6.98. The third-order valence-electron chi connectivity index (χ3n) is 6.98. The van der Waals surface area contributed by atoms with E-state index in [4.69, 9.17) is 0 Å².